The van der Waals surface area contributed by atoms with E-state index in [1.807, 2.05) is 92.4 Å². The molecule has 0 aliphatic rings. The summed E-state index contributed by atoms with van der Waals surface area (Å²) >= 11 is 6.22. The molecule has 0 aromatic heterocycles. The zero-order valence-electron chi connectivity index (χ0n) is 17.9. The first-order valence-electron chi connectivity index (χ1n) is 10.1. The van der Waals surface area contributed by atoms with Gasteiger partial charge in [0.25, 0.3) is 5.91 Å². The lowest BCUT2D eigenvalue weighted by Gasteiger charge is -2.30. The summed E-state index contributed by atoms with van der Waals surface area (Å²) in [4.78, 5) is 17.2. The molecule has 0 aliphatic carbocycles. The van der Waals surface area contributed by atoms with E-state index in [0.29, 0.717) is 23.7 Å². The molecule has 0 radical (unpaired) electrons. The van der Waals surface area contributed by atoms with E-state index < -0.39 is 0 Å². The molecule has 0 N–H and O–H groups in total. The van der Waals surface area contributed by atoms with Crippen molar-refractivity contribution in [2.75, 3.05) is 25.1 Å². The third-order valence-electron chi connectivity index (χ3n) is 5.16. The molecule has 0 saturated carbocycles. The van der Waals surface area contributed by atoms with Crippen LogP contribution in [-0.4, -0.2) is 31.0 Å². The van der Waals surface area contributed by atoms with Gasteiger partial charge in [0, 0.05) is 29.5 Å². The SMILES string of the molecule is CCN(CC)C(=O)c1ccccc1N(c1ccc(OC)cc1)c1ccc(Cl)cc1C. The molecular formula is C25H27ClN2O2. The third kappa shape index (κ3) is 4.44. The van der Waals surface area contributed by atoms with Gasteiger partial charge in [0.05, 0.1) is 18.4 Å². The Morgan fingerprint density at radius 1 is 0.933 bits per heavy atom. The number of methoxy groups -OCH3 is 1. The van der Waals surface area contributed by atoms with E-state index >= 15 is 0 Å². The summed E-state index contributed by atoms with van der Waals surface area (Å²) in [5, 5.41) is 0.679. The van der Waals surface area contributed by atoms with E-state index in [1.54, 1.807) is 7.11 Å². The lowest BCUT2D eigenvalue weighted by atomic mass is 10.1. The van der Waals surface area contributed by atoms with Crippen molar-refractivity contribution in [2.24, 2.45) is 0 Å². The quantitative estimate of drug-likeness (QED) is 0.429. The van der Waals surface area contributed by atoms with Gasteiger partial charge in [0.15, 0.2) is 0 Å². The number of halogens is 1. The van der Waals surface area contributed by atoms with Crippen LogP contribution in [-0.2, 0) is 0 Å². The normalized spacial score (nSPS) is 10.6. The molecule has 0 unspecified atom stereocenters. The molecule has 0 spiro atoms. The summed E-state index contributed by atoms with van der Waals surface area (Å²) in [6.45, 7) is 7.33. The topological polar surface area (TPSA) is 32.8 Å². The Labute approximate surface area is 183 Å². The van der Waals surface area contributed by atoms with E-state index in [4.69, 9.17) is 16.3 Å². The maximum Gasteiger partial charge on any atom is 0.255 e. The average Bonchev–Trinajstić information content (AvgIpc) is 2.77. The highest BCUT2D eigenvalue weighted by Crippen LogP contribution is 2.39. The fraction of sp³-hybridized carbons (Fsp3) is 0.240. The summed E-state index contributed by atoms with van der Waals surface area (Å²) in [5.41, 5.74) is 4.39. The van der Waals surface area contributed by atoms with Gasteiger partial charge in [-0.3, -0.25) is 4.79 Å². The molecule has 0 aliphatic heterocycles. The first kappa shape index (κ1) is 21.7. The molecule has 0 saturated heterocycles. The highest BCUT2D eigenvalue weighted by Gasteiger charge is 2.23. The van der Waals surface area contributed by atoms with Gasteiger partial charge in [-0.25, -0.2) is 0 Å². The number of hydrogen-bond donors (Lipinski definition) is 0. The molecule has 0 heterocycles. The van der Waals surface area contributed by atoms with Crippen LogP contribution >= 0.6 is 11.6 Å². The summed E-state index contributed by atoms with van der Waals surface area (Å²) in [6, 6.07) is 21.3. The van der Waals surface area contributed by atoms with Crippen molar-refractivity contribution >= 4 is 34.6 Å². The lowest BCUT2D eigenvalue weighted by Crippen LogP contribution is -2.31. The molecule has 156 valence electrons. The Bertz CT molecular complexity index is 1010. The number of carbonyl (C=O) groups excluding carboxylic acids is 1. The molecule has 30 heavy (non-hydrogen) atoms. The van der Waals surface area contributed by atoms with Crippen molar-refractivity contribution in [3.05, 3.63) is 82.9 Å². The Morgan fingerprint density at radius 2 is 1.60 bits per heavy atom. The van der Waals surface area contributed by atoms with Gasteiger partial charge in [-0.1, -0.05) is 23.7 Å². The summed E-state index contributed by atoms with van der Waals surface area (Å²) < 4.78 is 5.33. The minimum absolute atomic E-state index is 0.0146. The van der Waals surface area contributed by atoms with Gasteiger partial charge in [0.1, 0.15) is 5.75 Å². The number of carbonyl (C=O) groups is 1. The Balaban J connectivity index is 2.22. The van der Waals surface area contributed by atoms with Crippen LogP contribution in [0.5, 0.6) is 5.75 Å². The van der Waals surface area contributed by atoms with E-state index in [2.05, 4.69) is 4.90 Å². The van der Waals surface area contributed by atoms with Crippen LogP contribution in [0.2, 0.25) is 5.02 Å². The van der Waals surface area contributed by atoms with Crippen molar-refractivity contribution in [3.63, 3.8) is 0 Å². The molecule has 1 amide bonds. The number of para-hydroxylation sites is 1. The number of anilines is 3. The van der Waals surface area contributed by atoms with Gasteiger partial charge < -0.3 is 14.5 Å². The second-order valence-electron chi connectivity index (χ2n) is 6.96. The molecule has 3 rings (SSSR count). The molecule has 0 bridgehead atoms. The first-order valence-corrected chi connectivity index (χ1v) is 10.5. The zero-order valence-corrected chi connectivity index (χ0v) is 18.6. The van der Waals surface area contributed by atoms with Crippen molar-refractivity contribution in [2.45, 2.75) is 20.8 Å². The van der Waals surface area contributed by atoms with Crippen LogP contribution in [0.1, 0.15) is 29.8 Å². The van der Waals surface area contributed by atoms with Gasteiger partial charge in [-0.15, -0.1) is 0 Å². The minimum atomic E-state index is 0.0146. The van der Waals surface area contributed by atoms with E-state index in [9.17, 15) is 4.79 Å². The van der Waals surface area contributed by atoms with Crippen molar-refractivity contribution in [1.82, 2.24) is 4.90 Å². The van der Waals surface area contributed by atoms with Gasteiger partial charge in [-0.2, -0.15) is 0 Å². The number of benzene rings is 3. The van der Waals surface area contributed by atoms with Gasteiger partial charge >= 0.3 is 0 Å². The zero-order chi connectivity index (χ0) is 21.7. The number of aryl methyl sites for hydroxylation is 1. The first-order chi connectivity index (χ1) is 14.5. The fourth-order valence-electron chi connectivity index (χ4n) is 3.54. The molecule has 0 atom stereocenters. The maximum absolute atomic E-state index is 13.3. The standard InChI is InChI=1S/C25H27ClN2O2/c1-5-27(6-2)25(29)22-9-7-8-10-24(22)28(20-12-14-21(30-4)15-13-20)23-16-11-19(26)17-18(23)3/h7-17H,5-6H2,1-4H3. The minimum Gasteiger partial charge on any atom is -0.497 e. The molecular weight excluding hydrogens is 396 g/mol. The summed E-state index contributed by atoms with van der Waals surface area (Å²) in [5.74, 6) is 0.791. The Morgan fingerprint density at radius 3 is 2.20 bits per heavy atom. The van der Waals surface area contributed by atoms with Crippen LogP contribution in [0.4, 0.5) is 17.1 Å². The third-order valence-corrected chi connectivity index (χ3v) is 5.39. The largest absolute Gasteiger partial charge is 0.497 e. The summed E-state index contributed by atoms with van der Waals surface area (Å²) in [6.07, 6.45) is 0. The Hall–Kier alpha value is -2.98. The monoisotopic (exact) mass is 422 g/mol. The van der Waals surface area contributed by atoms with Gasteiger partial charge in [0.2, 0.25) is 0 Å². The van der Waals surface area contributed by atoms with Crippen molar-refractivity contribution in [1.29, 1.82) is 0 Å². The average molecular weight is 423 g/mol. The molecule has 3 aromatic rings. The van der Waals surface area contributed by atoms with Crippen LogP contribution in [0, 0.1) is 6.92 Å². The molecule has 3 aromatic carbocycles. The molecule has 5 heteroatoms. The number of hydrogen-bond acceptors (Lipinski definition) is 3. The Kier molecular flexibility index (Phi) is 7.01. The second kappa shape index (κ2) is 9.68. The van der Waals surface area contributed by atoms with Crippen molar-refractivity contribution < 1.29 is 9.53 Å². The lowest BCUT2D eigenvalue weighted by molar-refractivity contribution is 0.0774. The highest BCUT2D eigenvalue weighted by molar-refractivity contribution is 6.30. The summed E-state index contributed by atoms with van der Waals surface area (Å²) in [7, 11) is 1.65. The highest BCUT2D eigenvalue weighted by atomic mass is 35.5. The van der Waals surface area contributed by atoms with Crippen LogP contribution in [0.25, 0.3) is 0 Å². The smallest absolute Gasteiger partial charge is 0.255 e. The van der Waals surface area contributed by atoms with Crippen LogP contribution < -0.4 is 9.64 Å². The predicted octanol–water partition coefficient (Wildman–Crippen LogP) is 6.61. The molecule has 0 fully saturated rings. The fourth-order valence-corrected chi connectivity index (χ4v) is 3.77. The number of ether oxygens (including phenoxy) is 1. The second-order valence-corrected chi connectivity index (χ2v) is 7.40. The van der Waals surface area contributed by atoms with Crippen molar-refractivity contribution in [3.8, 4) is 5.75 Å². The van der Waals surface area contributed by atoms with E-state index in [-0.39, 0.29) is 5.91 Å². The number of rotatable bonds is 7. The van der Waals surface area contributed by atoms with Gasteiger partial charge in [-0.05, 0) is 80.9 Å². The number of amides is 1. The van der Waals surface area contributed by atoms with Crippen LogP contribution in [0.15, 0.2) is 66.7 Å². The predicted molar refractivity (Wildman–Crippen MR) is 125 cm³/mol. The number of nitrogens with zero attached hydrogens (tertiary/aromatic N) is 2. The van der Waals surface area contributed by atoms with E-state index in [0.717, 1.165) is 28.4 Å². The maximum atomic E-state index is 13.3. The molecule has 4 nitrogen and oxygen atoms in total. The van der Waals surface area contributed by atoms with Crippen LogP contribution in [0.3, 0.4) is 0 Å². The van der Waals surface area contributed by atoms with E-state index in [1.165, 1.54) is 0 Å².